The maximum Gasteiger partial charge on any atom is 0.0471 e. The molecular weight excluding hydrogens is 182 g/mol. The summed E-state index contributed by atoms with van der Waals surface area (Å²) >= 11 is 0. The molecule has 1 unspecified atom stereocenters. The van der Waals surface area contributed by atoms with Crippen molar-refractivity contribution in [1.29, 1.82) is 0 Å². The molecule has 0 heterocycles. The minimum absolute atomic E-state index is 0.438. The van der Waals surface area contributed by atoms with E-state index in [1.807, 2.05) is 24.4 Å². The van der Waals surface area contributed by atoms with Gasteiger partial charge in [0.1, 0.15) is 0 Å². The second-order valence-corrected chi connectivity index (χ2v) is 4.51. The van der Waals surface area contributed by atoms with E-state index >= 15 is 0 Å². The van der Waals surface area contributed by atoms with Gasteiger partial charge in [-0.15, -0.1) is 0 Å². The number of benzene rings is 1. The van der Waals surface area contributed by atoms with Crippen LogP contribution in [0.3, 0.4) is 0 Å². The SMILES string of the molecule is CC(C)CCC(C)N=Cc1ccccc1. The van der Waals surface area contributed by atoms with Gasteiger partial charge in [0.25, 0.3) is 0 Å². The molecule has 0 fully saturated rings. The first-order valence-corrected chi connectivity index (χ1v) is 5.76. The molecule has 0 amide bonds. The van der Waals surface area contributed by atoms with E-state index < -0.39 is 0 Å². The third-order valence-electron chi connectivity index (χ3n) is 2.44. The molecule has 82 valence electrons. The van der Waals surface area contributed by atoms with Crippen LogP contribution in [0, 0.1) is 5.92 Å². The number of nitrogens with zero attached hydrogens (tertiary/aromatic N) is 1. The summed E-state index contributed by atoms with van der Waals surface area (Å²) in [6.07, 6.45) is 4.42. The Balaban J connectivity index is 2.37. The van der Waals surface area contributed by atoms with Gasteiger partial charge < -0.3 is 0 Å². The van der Waals surface area contributed by atoms with Crippen molar-refractivity contribution in [1.82, 2.24) is 0 Å². The standard InChI is InChI=1S/C14H21N/c1-12(2)9-10-13(3)15-11-14-7-5-4-6-8-14/h4-8,11-13H,9-10H2,1-3H3. The molecule has 1 heteroatoms. The van der Waals surface area contributed by atoms with Crippen molar-refractivity contribution in [2.45, 2.75) is 39.7 Å². The van der Waals surface area contributed by atoms with Gasteiger partial charge in [0, 0.05) is 12.3 Å². The third kappa shape index (κ3) is 5.36. The van der Waals surface area contributed by atoms with Crippen molar-refractivity contribution in [3.05, 3.63) is 35.9 Å². The molecule has 1 aromatic rings. The normalized spacial score (nSPS) is 13.6. The molecule has 0 bridgehead atoms. The molecule has 0 N–H and O–H groups in total. The van der Waals surface area contributed by atoms with E-state index in [-0.39, 0.29) is 0 Å². The van der Waals surface area contributed by atoms with Crippen LogP contribution in [0.15, 0.2) is 35.3 Å². The molecule has 1 aromatic carbocycles. The van der Waals surface area contributed by atoms with Crippen molar-refractivity contribution in [2.24, 2.45) is 10.9 Å². The van der Waals surface area contributed by atoms with E-state index in [9.17, 15) is 0 Å². The van der Waals surface area contributed by atoms with Gasteiger partial charge in [-0.25, -0.2) is 0 Å². The minimum atomic E-state index is 0.438. The van der Waals surface area contributed by atoms with Crippen LogP contribution >= 0.6 is 0 Å². The highest BCUT2D eigenvalue weighted by molar-refractivity contribution is 5.79. The predicted octanol–water partition coefficient (Wildman–Crippen LogP) is 3.93. The topological polar surface area (TPSA) is 12.4 Å². The Kier molecular flexibility index (Phi) is 5.09. The lowest BCUT2D eigenvalue weighted by molar-refractivity contribution is 0.516. The van der Waals surface area contributed by atoms with Crippen LogP contribution in [0.2, 0.25) is 0 Å². The van der Waals surface area contributed by atoms with E-state index in [2.05, 4.69) is 37.9 Å². The molecule has 0 saturated heterocycles. The first-order valence-electron chi connectivity index (χ1n) is 5.76. The van der Waals surface area contributed by atoms with Crippen molar-refractivity contribution in [2.75, 3.05) is 0 Å². The molecule has 0 aliphatic heterocycles. The van der Waals surface area contributed by atoms with Gasteiger partial charge in [0.2, 0.25) is 0 Å². The number of rotatable bonds is 5. The highest BCUT2D eigenvalue weighted by Crippen LogP contribution is 2.08. The Hall–Kier alpha value is -1.11. The molecule has 15 heavy (non-hydrogen) atoms. The fraction of sp³-hybridized carbons (Fsp3) is 0.500. The van der Waals surface area contributed by atoms with Crippen LogP contribution in [-0.2, 0) is 0 Å². The molecule has 0 saturated carbocycles. The van der Waals surface area contributed by atoms with Crippen molar-refractivity contribution >= 4 is 6.21 Å². The highest BCUT2D eigenvalue weighted by atomic mass is 14.7. The summed E-state index contributed by atoms with van der Waals surface area (Å²) in [6.45, 7) is 6.70. The maximum atomic E-state index is 4.54. The second-order valence-electron chi connectivity index (χ2n) is 4.51. The number of hydrogen-bond donors (Lipinski definition) is 0. The number of aliphatic imine (C=N–C) groups is 1. The minimum Gasteiger partial charge on any atom is -0.290 e. The monoisotopic (exact) mass is 203 g/mol. The van der Waals surface area contributed by atoms with E-state index in [0.717, 1.165) is 5.92 Å². The highest BCUT2D eigenvalue weighted by Gasteiger charge is 2.00. The predicted molar refractivity (Wildman–Crippen MR) is 67.6 cm³/mol. The quantitative estimate of drug-likeness (QED) is 0.643. The molecule has 0 radical (unpaired) electrons. The number of hydrogen-bond acceptors (Lipinski definition) is 1. The summed E-state index contributed by atoms with van der Waals surface area (Å²) in [4.78, 5) is 4.54. The molecule has 1 nitrogen and oxygen atoms in total. The molecule has 1 atom stereocenters. The van der Waals surface area contributed by atoms with Gasteiger partial charge in [0.05, 0.1) is 0 Å². The zero-order chi connectivity index (χ0) is 11.1. The Bertz CT molecular complexity index is 287. The first-order chi connectivity index (χ1) is 7.18. The smallest absolute Gasteiger partial charge is 0.0471 e. The van der Waals surface area contributed by atoms with Crippen LogP contribution in [0.1, 0.15) is 39.2 Å². The summed E-state index contributed by atoms with van der Waals surface area (Å²) in [5.74, 6) is 0.777. The molecule has 0 aliphatic carbocycles. The Morgan fingerprint density at radius 1 is 1.07 bits per heavy atom. The molecule has 1 rings (SSSR count). The van der Waals surface area contributed by atoms with Gasteiger partial charge in [-0.05, 0) is 31.2 Å². The van der Waals surface area contributed by atoms with E-state index in [0.29, 0.717) is 6.04 Å². The molecule has 0 aromatic heterocycles. The average Bonchev–Trinajstić information content (AvgIpc) is 2.25. The Morgan fingerprint density at radius 3 is 2.33 bits per heavy atom. The molecule has 0 spiro atoms. The lowest BCUT2D eigenvalue weighted by atomic mass is 10.0. The average molecular weight is 203 g/mol. The van der Waals surface area contributed by atoms with Gasteiger partial charge >= 0.3 is 0 Å². The fourth-order valence-corrected chi connectivity index (χ4v) is 1.40. The largest absolute Gasteiger partial charge is 0.290 e. The van der Waals surface area contributed by atoms with Crippen LogP contribution in [0.4, 0.5) is 0 Å². The van der Waals surface area contributed by atoms with E-state index in [1.165, 1.54) is 18.4 Å². The van der Waals surface area contributed by atoms with Gasteiger partial charge in [-0.1, -0.05) is 44.2 Å². The summed E-state index contributed by atoms with van der Waals surface area (Å²) in [5.41, 5.74) is 1.19. The Labute approximate surface area is 93.2 Å². The van der Waals surface area contributed by atoms with Crippen molar-refractivity contribution < 1.29 is 0 Å². The summed E-state index contributed by atoms with van der Waals surface area (Å²) in [7, 11) is 0. The van der Waals surface area contributed by atoms with E-state index in [4.69, 9.17) is 0 Å². The summed E-state index contributed by atoms with van der Waals surface area (Å²) in [6, 6.07) is 10.7. The summed E-state index contributed by atoms with van der Waals surface area (Å²) in [5, 5.41) is 0. The van der Waals surface area contributed by atoms with Gasteiger partial charge in [0.15, 0.2) is 0 Å². The van der Waals surface area contributed by atoms with E-state index in [1.54, 1.807) is 0 Å². The third-order valence-corrected chi connectivity index (χ3v) is 2.44. The second kappa shape index (κ2) is 6.39. The summed E-state index contributed by atoms with van der Waals surface area (Å²) < 4.78 is 0. The Morgan fingerprint density at radius 2 is 1.73 bits per heavy atom. The van der Waals surface area contributed by atoms with Crippen molar-refractivity contribution in [3.63, 3.8) is 0 Å². The lowest BCUT2D eigenvalue weighted by Crippen LogP contribution is -2.01. The molecular formula is C14H21N. The van der Waals surface area contributed by atoms with Crippen LogP contribution in [-0.4, -0.2) is 12.3 Å². The zero-order valence-electron chi connectivity index (χ0n) is 9.98. The lowest BCUT2D eigenvalue weighted by Gasteiger charge is -2.07. The van der Waals surface area contributed by atoms with Crippen LogP contribution in [0.5, 0.6) is 0 Å². The van der Waals surface area contributed by atoms with Crippen LogP contribution in [0.25, 0.3) is 0 Å². The molecule has 0 aliphatic rings. The van der Waals surface area contributed by atoms with Gasteiger partial charge in [-0.2, -0.15) is 0 Å². The first kappa shape index (κ1) is 12.0. The maximum absolute atomic E-state index is 4.54. The van der Waals surface area contributed by atoms with Crippen molar-refractivity contribution in [3.8, 4) is 0 Å². The zero-order valence-corrected chi connectivity index (χ0v) is 9.98. The van der Waals surface area contributed by atoms with Crippen LogP contribution < -0.4 is 0 Å². The fourth-order valence-electron chi connectivity index (χ4n) is 1.40. The van der Waals surface area contributed by atoms with Gasteiger partial charge in [-0.3, -0.25) is 4.99 Å².